The Morgan fingerprint density at radius 1 is 0.923 bits per heavy atom. The maximum Gasteiger partial charge on any atom is 0.261 e. The van der Waals surface area contributed by atoms with Crippen molar-refractivity contribution in [3.63, 3.8) is 0 Å². The van der Waals surface area contributed by atoms with Crippen LogP contribution >= 0.6 is 15.9 Å². The molecule has 5 nitrogen and oxygen atoms in total. The van der Waals surface area contributed by atoms with Gasteiger partial charge >= 0.3 is 0 Å². The van der Waals surface area contributed by atoms with Gasteiger partial charge < -0.3 is 15.0 Å². The number of halogens is 1. The normalized spacial score (nSPS) is 12.5. The maximum atomic E-state index is 13.9. The van der Waals surface area contributed by atoms with Gasteiger partial charge in [0.2, 0.25) is 5.91 Å². The average Bonchev–Trinajstić information content (AvgIpc) is 2.85. The van der Waals surface area contributed by atoms with E-state index in [-0.39, 0.29) is 23.8 Å². The SMILES string of the molecule is Cc1ccccc1CN(C(=O)COc1ccc(C(C)(C)C)cc1Br)C(Cc1ccccc1)C(=O)NC(C)(C)C. The Morgan fingerprint density at radius 2 is 1.56 bits per heavy atom. The molecule has 1 N–H and O–H groups in total. The number of ether oxygens (including phenoxy) is 1. The highest BCUT2D eigenvalue weighted by atomic mass is 79.9. The first-order valence-corrected chi connectivity index (χ1v) is 14.2. The van der Waals surface area contributed by atoms with Crippen molar-refractivity contribution in [1.82, 2.24) is 10.2 Å². The van der Waals surface area contributed by atoms with Crippen LogP contribution in [-0.4, -0.2) is 34.9 Å². The van der Waals surface area contributed by atoms with E-state index in [1.807, 2.05) is 100 Å². The van der Waals surface area contributed by atoms with Crippen LogP contribution in [0.5, 0.6) is 5.75 Å². The van der Waals surface area contributed by atoms with Gasteiger partial charge in [0.15, 0.2) is 6.61 Å². The second-order valence-corrected chi connectivity index (χ2v) is 12.9. The zero-order valence-corrected chi connectivity index (χ0v) is 25.8. The van der Waals surface area contributed by atoms with Crippen LogP contribution in [0.15, 0.2) is 77.3 Å². The monoisotopic (exact) mass is 592 g/mol. The fourth-order valence-corrected chi connectivity index (χ4v) is 4.78. The summed E-state index contributed by atoms with van der Waals surface area (Å²) in [7, 11) is 0. The molecule has 1 atom stereocenters. The molecule has 2 amide bonds. The van der Waals surface area contributed by atoms with Crippen molar-refractivity contribution in [1.29, 1.82) is 0 Å². The molecule has 0 saturated carbocycles. The predicted molar refractivity (Wildman–Crippen MR) is 162 cm³/mol. The molecular weight excluding hydrogens is 552 g/mol. The van der Waals surface area contributed by atoms with Crippen LogP contribution in [0.4, 0.5) is 0 Å². The molecule has 39 heavy (non-hydrogen) atoms. The van der Waals surface area contributed by atoms with Gasteiger partial charge in [-0.3, -0.25) is 9.59 Å². The molecule has 0 bridgehead atoms. The Hall–Kier alpha value is -3.12. The summed E-state index contributed by atoms with van der Waals surface area (Å²) in [5.74, 6) is 0.144. The number of aryl methyl sites for hydroxylation is 1. The number of amides is 2. The topological polar surface area (TPSA) is 58.6 Å². The molecule has 208 valence electrons. The lowest BCUT2D eigenvalue weighted by Gasteiger charge is -2.34. The largest absolute Gasteiger partial charge is 0.483 e. The lowest BCUT2D eigenvalue weighted by Crippen LogP contribution is -2.55. The fraction of sp³-hybridized carbons (Fsp3) is 0.394. The number of nitrogens with one attached hydrogen (secondary N) is 1. The van der Waals surface area contributed by atoms with Gasteiger partial charge in [0, 0.05) is 18.5 Å². The number of benzene rings is 3. The summed E-state index contributed by atoms with van der Waals surface area (Å²) in [6, 6.07) is 23.0. The first kappa shape index (κ1) is 30.4. The third kappa shape index (κ3) is 8.96. The summed E-state index contributed by atoms with van der Waals surface area (Å²) in [5.41, 5.74) is 3.74. The van der Waals surface area contributed by atoms with Gasteiger partial charge in [0.25, 0.3) is 5.91 Å². The summed E-state index contributed by atoms with van der Waals surface area (Å²) in [6.07, 6.45) is 0.393. The highest BCUT2D eigenvalue weighted by Gasteiger charge is 2.32. The van der Waals surface area contributed by atoms with Crippen LogP contribution < -0.4 is 10.1 Å². The van der Waals surface area contributed by atoms with Crippen LogP contribution in [0.3, 0.4) is 0 Å². The minimum Gasteiger partial charge on any atom is -0.483 e. The molecule has 0 aliphatic rings. The molecule has 3 aromatic rings. The zero-order valence-electron chi connectivity index (χ0n) is 24.2. The Labute approximate surface area is 242 Å². The standard InChI is InChI=1S/C33H41BrN2O3/c1-23-13-11-12-16-25(23)21-36(28(31(38)35-33(5,6)7)19-24-14-9-8-10-15-24)30(37)22-39-29-18-17-26(20-27(29)34)32(2,3)4/h8-18,20,28H,19,21-22H2,1-7H3,(H,35,38). The number of nitrogens with zero attached hydrogens (tertiary/aromatic N) is 1. The quantitative estimate of drug-likeness (QED) is 0.291. The van der Waals surface area contributed by atoms with E-state index < -0.39 is 11.6 Å². The van der Waals surface area contributed by atoms with E-state index in [0.717, 1.165) is 26.7 Å². The molecule has 6 heteroatoms. The van der Waals surface area contributed by atoms with Crippen LogP contribution in [0.2, 0.25) is 0 Å². The van der Waals surface area contributed by atoms with Crippen LogP contribution in [0.25, 0.3) is 0 Å². The van der Waals surface area contributed by atoms with Crippen LogP contribution in [0, 0.1) is 6.92 Å². The van der Waals surface area contributed by atoms with Gasteiger partial charge in [-0.1, -0.05) is 81.4 Å². The van der Waals surface area contributed by atoms with E-state index in [9.17, 15) is 9.59 Å². The summed E-state index contributed by atoms with van der Waals surface area (Å²) >= 11 is 3.61. The Bertz CT molecular complexity index is 1280. The summed E-state index contributed by atoms with van der Waals surface area (Å²) in [5, 5.41) is 3.10. The number of hydrogen-bond acceptors (Lipinski definition) is 3. The van der Waals surface area contributed by atoms with Gasteiger partial charge in [0.05, 0.1) is 4.47 Å². The molecule has 3 aromatic carbocycles. The van der Waals surface area contributed by atoms with E-state index in [1.165, 1.54) is 0 Å². The molecule has 0 saturated heterocycles. The van der Waals surface area contributed by atoms with E-state index in [4.69, 9.17) is 4.74 Å². The molecule has 0 aliphatic carbocycles. The molecule has 0 spiro atoms. The van der Waals surface area contributed by atoms with Crippen molar-refractivity contribution in [3.05, 3.63) is 99.5 Å². The molecule has 0 aliphatic heterocycles. The van der Waals surface area contributed by atoms with Gasteiger partial charge in [0.1, 0.15) is 11.8 Å². The smallest absolute Gasteiger partial charge is 0.261 e. The Kier molecular flexibility index (Phi) is 10.0. The van der Waals surface area contributed by atoms with Crippen molar-refractivity contribution in [2.75, 3.05) is 6.61 Å². The van der Waals surface area contributed by atoms with E-state index in [1.54, 1.807) is 4.90 Å². The van der Waals surface area contributed by atoms with Crippen LogP contribution in [0.1, 0.15) is 63.8 Å². The summed E-state index contributed by atoms with van der Waals surface area (Å²) in [4.78, 5) is 29.2. The molecule has 0 radical (unpaired) electrons. The first-order valence-electron chi connectivity index (χ1n) is 13.4. The van der Waals surface area contributed by atoms with Gasteiger partial charge in [-0.2, -0.15) is 0 Å². The van der Waals surface area contributed by atoms with Gasteiger partial charge in [-0.05, 0) is 83.4 Å². The zero-order chi connectivity index (χ0) is 28.8. The molecule has 0 heterocycles. The second kappa shape index (κ2) is 12.8. The lowest BCUT2D eigenvalue weighted by molar-refractivity contribution is -0.143. The van der Waals surface area contributed by atoms with Crippen molar-refractivity contribution < 1.29 is 14.3 Å². The number of carbonyl (C=O) groups is 2. The highest BCUT2D eigenvalue weighted by molar-refractivity contribution is 9.10. The lowest BCUT2D eigenvalue weighted by atomic mass is 9.87. The van der Waals surface area contributed by atoms with E-state index in [0.29, 0.717) is 18.7 Å². The van der Waals surface area contributed by atoms with Gasteiger partial charge in [-0.15, -0.1) is 0 Å². The third-order valence-corrected chi connectivity index (χ3v) is 7.14. The molecule has 0 fully saturated rings. The van der Waals surface area contributed by atoms with Crippen LogP contribution in [-0.2, 0) is 28.0 Å². The minimum atomic E-state index is -0.714. The second-order valence-electron chi connectivity index (χ2n) is 12.1. The molecule has 1 unspecified atom stereocenters. The average molecular weight is 594 g/mol. The number of carbonyl (C=O) groups excluding carboxylic acids is 2. The van der Waals surface area contributed by atoms with Crippen molar-refractivity contribution in [3.8, 4) is 5.75 Å². The summed E-state index contributed by atoms with van der Waals surface area (Å²) < 4.78 is 6.82. The van der Waals surface area contributed by atoms with Gasteiger partial charge in [-0.25, -0.2) is 0 Å². The minimum absolute atomic E-state index is 0.00765. The highest BCUT2D eigenvalue weighted by Crippen LogP contribution is 2.31. The van der Waals surface area contributed by atoms with E-state index >= 15 is 0 Å². The predicted octanol–water partition coefficient (Wildman–Crippen LogP) is 6.99. The first-order chi connectivity index (χ1) is 18.2. The molecule has 3 rings (SSSR count). The Morgan fingerprint density at radius 3 is 2.15 bits per heavy atom. The fourth-order valence-electron chi connectivity index (χ4n) is 4.28. The van der Waals surface area contributed by atoms with Crippen molar-refractivity contribution in [2.24, 2.45) is 0 Å². The summed E-state index contributed by atoms with van der Waals surface area (Å²) in [6.45, 7) is 14.4. The molecule has 0 aromatic heterocycles. The maximum absolute atomic E-state index is 13.9. The van der Waals surface area contributed by atoms with Crippen molar-refractivity contribution in [2.45, 2.75) is 78.4 Å². The number of hydrogen-bond donors (Lipinski definition) is 1. The molecular formula is C33H41BrN2O3. The number of rotatable bonds is 9. The Balaban J connectivity index is 1.94. The van der Waals surface area contributed by atoms with E-state index in [2.05, 4.69) is 42.0 Å². The third-order valence-electron chi connectivity index (χ3n) is 6.52. The van der Waals surface area contributed by atoms with Crippen molar-refractivity contribution >= 4 is 27.7 Å².